The summed E-state index contributed by atoms with van der Waals surface area (Å²) in [7, 11) is 1.54. The zero-order valence-electron chi connectivity index (χ0n) is 15.7. The van der Waals surface area contributed by atoms with E-state index in [-0.39, 0.29) is 37.3 Å². The minimum Gasteiger partial charge on any atom is -0.406 e. The van der Waals surface area contributed by atoms with Crippen LogP contribution in [0.15, 0.2) is 24.3 Å². The molecule has 156 valence electrons. The average molecular weight is 404 g/mol. The molecule has 0 aliphatic heterocycles. The van der Waals surface area contributed by atoms with Crippen molar-refractivity contribution in [1.82, 2.24) is 15.5 Å². The normalized spacial score (nSPS) is 11.3. The number of alkyl halides is 3. The first-order valence-corrected chi connectivity index (χ1v) is 8.35. The van der Waals surface area contributed by atoms with Crippen molar-refractivity contribution in [3.63, 3.8) is 0 Å². The van der Waals surface area contributed by atoms with Gasteiger partial charge < -0.3 is 20.7 Å². The molecule has 3 amide bonds. The fraction of sp³-hybridized carbons (Fsp3) is 0.471. The molecular formula is C17H23F3N4O4. The smallest absolute Gasteiger partial charge is 0.406 e. The number of benzene rings is 1. The summed E-state index contributed by atoms with van der Waals surface area (Å²) in [4.78, 5) is 36.6. The Morgan fingerprint density at radius 3 is 2.14 bits per heavy atom. The van der Waals surface area contributed by atoms with Crippen molar-refractivity contribution in [1.29, 1.82) is 0 Å². The molecule has 0 aliphatic carbocycles. The van der Waals surface area contributed by atoms with Crippen LogP contribution < -0.4 is 20.7 Å². The van der Waals surface area contributed by atoms with Gasteiger partial charge in [0.05, 0.1) is 19.6 Å². The summed E-state index contributed by atoms with van der Waals surface area (Å²) in [6, 6.07) is 4.63. The van der Waals surface area contributed by atoms with Crippen LogP contribution in [0.3, 0.4) is 0 Å². The fourth-order valence-corrected chi connectivity index (χ4v) is 2.09. The third-order valence-electron chi connectivity index (χ3n) is 3.09. The number of rotatable bonds is 9. The highest BCUT2D eigenvalue weighted by molar-refractivity contribution is 5.92. The number of anilines is 1. The summed E-state index contributed by atoms with van der Waals surface area (Å²) >= 11 is 0. The van der Waals surface area contributed by atoms with Gasteiger partial charge in [-0.05, 0) is 45.2 Å². The van der Waals surface area contributed by atoms with E-state index < -0.39 is 23.9 Å². The second-order valence-corrected chi connectivity index (χ2v) is 6.29. The topological polar surface area (TPSA) is 99.8 Å². The summed E-state index contributed by atoms with van der Waals surface area (Å²) in [5, 5.41) is 7.56. The van der Waals surface area contributed by atoms with E-state index >= 15 is 0 Å². The van der Waals surface area contributed by atoms with Crippen LogP contribution >= 0.6 is 0 Å². The average Bonchev–Trinajstić information content (AvgIpc) is 2.52. The van der Waals surface area contributed by atoms with Gasteiger partial charge in [-0.15, -0.1) is 13.2 Å². The number of ether oxygens (including phenoxy) is 1. The van der Waals surface area contributed by atoms with Crippen molar-refractivity contribution in [2.75, 3.05) is 32.0 Å². The van der Waals surface area contributed by atoms with Gasteiger partial charge in [0.15, 0.2) is 0 Å². The third kappa shape index (κ3) is 10.4. The SMILES string of the molecule is CC(C)NC(=O)CNC(=O)CN(C)CC(=O)Nc1ccc(OC(F)(F)F)cc1. The number of nitrogens with one attached hydrogen (secondary N) is 3. The molecule has 0 spiro atoms. The predicted octanol–water partition coefficient (Wildman–Crippen LogP) is 1.10. The van der Waals surface area contributed by atoms with E-state index in [1.54, 1.807) is 13.8 Å². The molecule has 1 aromatic carbocycles. The Hall–Kier alpha value is -2.82. The minimum absolute atomic E-state index is 0.0372. The molecule has 3 N–H and O–H groups in total. The van der Waals surface area contributed by atoms with Gasteiger partial charge in [0.25, 0.3) is 0 Å². The summed E-state index contributed by atoms with van der Waals surface area (Å²) in [6.45, 7) is 3.18. The second kappa shape index (κ2) is 10.5. The van der Waals surface area contributed by atoms with Crippen LogP contribution in [-0.4, -0.2) is 61.7 Å². The van der Waals surface area contributed by atoms with Crippen LogP contribution in [0.4, 0.5) is 18.9 Å². The Morgan fingerprint density at radius 2 is 1.61 bits per heavy atom. The lowest BCUT2D eigenvalue weighted by Gasteiger charge is -2.16. The molecule has 28 heavy (non-hydrogen) atoms. The van der Waals surface area contributed by atoms with E-state index in [9.17, 15) is 27.6 Å². The van der Waals surface area contributed by atoms with Gasteiger partial charge in [0.2, 0.25) is 17.7 Å². The lowest BCUT2D eigenvalue weighted by Crippen LogP contribution is -2.44. The van der Waals surface area contributed by atoms with Gasteiger partial charge in [-0.3, -0.25) is 19.3 Å². The van der Waals surface area contributed by atoms with E-state index in [4.69, 9.17) is 0 Å². The molecule has 0 radical (unpaired) electrons. The van der Waals surface area contributed by atoms with E-state index in [2.05, 4.69) is 20.7 Å². The lowest BCUT2D eigenvalue weighted by molar-refractivity contribution is -0.274. The van der Waals surface area contributed by atoms with Crippen molar-refractivity contribution >= 4 is 23.4 Å². The first-order valence-electron chi connectivity index (χ1n) is 8.35. The molecule has 0 fully saturated rings. The Kier molecular flexibility index (Phi) is 8.71. The highest BCUT2D eigenvalue weighted by Crippen LogP contribution is 2.23. The lowest BCUT2D eigenvalue weighted by atomic mass is 10.3. The summed E-state index contributed by atoms with van der Waals surface area (Å²) in [5.74, 6) is -1.61. The Labute approximate surface area is 160 Å². The molecule has 0 atom stereocenters. The first-order chi connectivity index (χ1) is 12.9. The highest BCUT2D eigenvalue weighted by atomic mass is 19.4. The number of halogens is 3. The molecule has 0 saturated carbocycles. The van der Waals surface area contributed by atoms with E-state index in [1.165, 1.54) is 24.1 Å². The molecule has 0 heterocycles. The molecule has 0 unspecified atom stereocenters. The maximum Gasteiger partial charge on any atom is 0.573 e. The summed E-state index contributed by atoms with van der Waals surface area (Å²) < 4.78 is 40.0. The van der Waals surface area contributed by atoms with Crippen LogP contribution in [0, 0.1) is 0 Å². The summed E-state index contributed by atoms with van der Waals surface area (Å²) in [5.41, 5.74) is 0.280. The number of amides is 3. The van der Waals surface area contributed by atoms with E-state index in [0.717, 1.165) is 12.1 Å². The van der Waals surface area contributed by atoms with Crippen LogP contribution in [0.25, 0.3) is 0 Å². The number of likely N-dealkylation sites (N-methyl/N-ethyl adjacent to an activating group) is 1. The quantitative estimate of drug-likeness (QED) is 0.572. The van der Waals surface area contributed by atoms with Crippen molar-refractivity contribution < 1.29 is 32.3 Å². The zero-order valence-corrected chi connectivity index (χ0v) is 15.7. The zero-order chi connectivity index (χ0) is 21.3. The van der Waals surface area contributed by atoms with Gasteiger partial charge in [-0.1, -0.05) is 0 Å². The van der Waals surface area contributed by atoms with E-state index in [1.807, 2.05) is 0 Å². The monoisotopic (exact) mass is 404 g/mol. The fourth-order valence-electron chi connectivity index (χ4n) is 2.09. The third-order valence-corrected chi connectivity index (χ3v) is 3.09. The van der Waals surface area contributed by atoms with Crippen molar-refractivity contribution in [3.05, 3.63) is 24.3 Å². The molecule has 0 saturated heterocycles. The van der Waals surface area contributed by atoms with Gasteiger partial charge >= 0.3 is 6.36 Å². The summed E-state index contributed by atoms with van der Waals surface area (Å²) in [6.07, 6.45) is -4.79. The van der Waals surface area contributed by atoms with Crippen molar-refractivity contribution in [2.45, 2.75) is 26.3 Å². The largest absolute Gasteiger partial charge is 0.573 e. The number of carbonyl (C=O) groups excluding carboxylic acids is 3. The highest BCUT2D eigenvalue weighted by Gasteiger charge is 2.30. The van der Waals surface area contributed by atoms with Crippen LogP contribution in [0.1, 0.15) is 13.8 Å². The number of carbonyl (C=O) groups is 3. The van der Waals surface area contributed by atoms with Gasteiger partial charge in [-0.2, -0.15) is 0 Å². The number of nitrogens with zero attached hydrogens (tertiary/aromatic N) is 1. The molecule has 0 aromatic heterocycles. The van der Waals surface area contributed by atoms with Gasteiger partial charge in [0.1, 0.15) is 5.75 Å². The van der Waals surface area contributed by atoms with Crippen LogP contribution in [0.5, 0.6) is 5.75 Å². The van der Waals surface area contributed by atoms with E-state index in [0.29, 0.717) is 0 Å². The van der Waals surface area contributed by atoms with Gasteiger partial charge in [-0.25, -0.2) is 0 Å². The van der Waals surface area contributed by atoms with Crippen molar-refractivity contribution in [2.24, 2.45) is 0 Å². The molecule has 0 bridgehead atoms. The second-order valence-electron chi connectivity index (χ2n) is 6.29. The Bertz CT molecular complexity index is 678. The molecule has 1 rings (SSSR count). The molecule has 11 heteroatoms. The maximum absolute atomic E-state index is 12.1. The first kappa shape index (κ1) is 23.2. The molecule has 0 aliphatic rings. The molecule has 8 nitrogen and oxygen atoms in total. The van der Waals surface area contributed by atoms with Crippen LogP contribution in [-0.2, 0) is 14.4 Å². The van der Waals surface area contributed by atoms with Crippen LogP contribution in [0.2, 0.25) is 0 Å². The number of hydrogen-bond acceptors (Lipinski definition) is 5. The standard InChI is InChI=1S/C17H23F3N4O4/c1-11(2)22-14(25)8-21-15(26)9-24(3)10-16(27)23-12-4-6-13(7-5-12)28-17(18,19)20/h4-7,11H,8-10H2,1-3H3,(H,21,26)(H,22,25)(H,23,27). The Balaban J connectivity index is 2.37. The van der Waals surface area contributed by atoms with Gasteiger partial charge in [0, 0.05) is 11.7 Å². The van der Waals surface area contributed by atoms with Crippen molar-refractivity contribution in [3.8, 4) is 5.75 Å². The maximum atomic E-state index is 12.1. The molecule has 1 aromatic rings. The predicted molar refractivity (Wildman–Crippen MR) is 95.5 cm³/mol. The Morgan fingerprint density at radius 1 is 1.04 bits per heavy atom. The minimum atomic E-state index is -4.79. The molecular weight excluding hydrogens is 381 g/mol. The number of hydrogen-bond donors (Lipinski definition) is 3.